The molecule has 282 valence electrons. The van der Waals surface area contributed by atoms with Crippen molar-refractivity contribution in [2.45, 2.75) is 19.6 Å². The van der Waals surface area contributed by atoms with Gasteiger partial charge in [0.2, 0.25) is 0 Å². The van der Waals surface area contributed by atoms with Crippen molar-refractivity contribution in [2.75, 3.05) is 0 Å². The van der Waals surface area contributed by atoms with Gasteiger partial charge in [-0.05, 0) is 85.4 Å². The normalized spacial score (nSPS) is 12.2. The molecule has 3 heteroatoms. The van der Waals surface area contributed by atoms with Crippen molar-refractivity contribution in [2.24, 2.45) is 0 Å². The predicted octanol–water partition coefficient (Wildman–Crippen LogP) is 14.6. The summed E-state index contributed by atoms with van der Waals surface area (Å²) >= 11 is 0. The number of benzene rings is 10. The van der Waals surface area contributed by atoms with Crippen molar-refractivity contribution < 1.29 is 0 Å². The molecule has 0 fully saturated rings. The van der Waals surface area contributed by atoms with Gasteiger partial charge in [0, 0.05) is 68.5 Å². The minimum Gasteiger partial charge on any atom is -0.335 e. The van der Waals surface area contributed by atoms with Crippen LogP contribution in [0.25, 0.3) is 97.7 Å². The Kier molecular flexibility index (Phi) is 7.20. The molecule has 3 heterocycles. The molecule has 0 amide bonds. The van der Waals surface area contributed by atoms with Crippen LogP contribution in [0, 0.1) is 0 Å². The summed E-state index contributed by atoms with van der Waals surface area (Å²) in [5, 5.41) is 15.4. The zero-order valence-corrected chi connectivity index (χ0v) is 33.0. The van der Waals surface area contributed by atoms with Crippen LogP contribution in [0.4, 0.5) is 0 Å². The lowest BCUT2D eigenvalue weighted by molar-refractivity contribution is 0.864. The second-order valence-electron chi connectivity index (χ2n) is 16.5. The first kappa shape index (κ1) is 33.4. The van der Waals surface area contributed by atoms with Crippen LogP contribution in [0.15, 0.2) is 200 Å². The average Bonchev–Trinajstić information content (AvgIpc) is 3.92. The fourth-order valence-corrected chi connectivity index (χ4v) is 10.5. The van der Waals surface area contributed by atoms with Crippen molar-refractivity contribution >= 4 is 97.7 Å². The third-order valence-corrected chi connectivity index (χ3v) is 13.1. The number of rotatable bonds is 6. The fraction of sp³-hybridized carbons (Fsp3) is 0.0526. The van der Waals surface area contributed by atoms with E-state index in [-0.39, 0.29) is 0 Å². The summed E-state index contributed by atoms with van der Waals surface area (Å²) in [6, 6.07) is 74.4. The Morgan fingerprint density at radius 2 is 0.517 bits per heavy atom. The molecule has 0 spiro atoms. The molecule has 0 radical (unpaired) electrons. The monoisotopic (exact) mass is 765 g/mol. The van der Waals surface area contributed by atoms with Gasteiger partial charge in [-0.1, -0.05) is 164 Å². The Hall–Kier alpha value is -7.62. The van der Waals surface area contributed by atoms with Crippen molar-refractivity contribution in [3.63, 3.8) is 0 Å². The second-order valence-corrected chi connectivity index (χ2v) is 16.5. The second kappa shape index (κ2) is 12.9. The molecule has 0 aliphatic rings. The highest BCUT2D eigenvalue weighted by Crippen LogP contribution is 2.48. The number of hydrogen-bond donors (Lipinski definition) is 0. The number of nitrogens with zero attached hydrogens (tertiary/aromatic N) is 3. The molecule has 10 aromatic carbocycles. The molecular formula is C57H39N3. The molecule has 0 saturated heterocycles. The van der Waals surface area contributed by atoms with Crippen LogP contribution in [0.1, 0.15) is 16.7 Å². The Labute approximate surface area is 346 Å². The van der Waals surface area contributed by atoms with Crippen molar-refractivity contribution in [3.8, 4) is 0 Å². The Balaban J connectivity index is 1.20. The quantitative estimate of drug-likeness (QED) is 0.160. The van der Waals surface area contributed by atoms with Gasteiger partial charge in [-0.2, -0.15) is 0 Å². The van der Waals surface area contributed by atoms with Crippen molar-refractivity contribution in [3.05, 3.63) is 217 Å². The van der Waals surface area contributed by atoms with Gasteiger partial charge in [-0.25, -0.2) is 0 Å². The van der Waals surface area contributed by atoms with E-state index < -0.39 is 0 Å². The third kappa shape index (κ3) is 4.96. The van der Waals surface area contributed by atoms with Crippen LogP contribution in [-0.4, -0.2) is 13.7 Å². The molecule has 0 N–H and O–H groups in total. The zero-order valence-electron chi connectivity index (χ0n) is 33.0. The molecule has 0 aliphatic carbocycles. The number of aromatic nitrogens is 3. The summed E-state index contributed by atoms with van der Waals surface area (Å²) in [6.07, 6.45) is 0. The first-order chi connectivity index (χ1) is 29.7. The van der Waals surface area contributed by atoms with Gasteiger partial charge < -0.3 is 13.7 Å². The number of para-hydroxylation sites is 3. The van der Waals surface area contributed by atoms with Gasteiger partial charge in [0.25, 0.3) is 0 Å². The van der Waals surface area contributed by atoms with E-state index in [1.165, 1.54) is 114 Å². The van der Waals surface area contributed by atoms with Crippen molar-refractivity contribution in [1.82, 2.24) is 13.7 Å². The zero-order chi connectivity index (χ0) is 39.3. The summed E-state index contributed by atoms with van der Waals surface area (Å²) in [4.78, 5) is 0. The summed E-state index contributed by atoms with van der Waals surface area (Å²) in [5.74, 6) is 0. The van der Waals surface area contributed by atoms with Crippen molar-refractivity contribution in [1.29, 1.82) is 0 Å². The largest absolute Gasteiger partial charge is 0.335 e. The van der Waals surface area contributed by atoms with Gasteiger partial charge in [0.1, 0.15) is 0 Å². The van der Waals surface area contributed by atoms with Gasteiger partial charge in [-0.3, -0.25) is 0 Å². The number of hydrogen-bond acceptors (Lipinski definition) is 0. The highest BCUT2D eigenvalue weighted by Gasteiger charge is 2.27. The molecule has 0 unspecified atom stereocenters. The summed E-state index contributed by atoms with van der Waals surface area (Å²) in [7, 11) is 0. The van der Waals surface area contributed by atoms with Crippen LogP contribution < -0.4 is 0 Å². The third-order valence-electron chi connectivity index (χ3n) is 13.1. The SMILES string of the molecule is c1ccc2cc(Cn3c4ccccc4c4c3c3c5ccccc5n(Cc5ccc6ccccc6c5)c3c3c5ccccc5n(Cc5ccc6ccccc6c5)c43)ccc2c1. The van der Waals surface area contributed by atoms with Crippen LogP contribution in [0.5, 0.6) is 0 Å². The minimum absolute atomic E-state index is 0.755. The van der Waals surface area contributed by atoms with E-state index in [4.69, 9.17) is 0 Å². The van der Waals surface area contributed by atoms with Crippen LogP contribution >= 0.6 is 0 Å². The van der Waals surface area contributed by atoms with Crippen LogP contribution in [0.3, 0.4) is 0 Å². The van der Waals surface area contributed by atoms with Gasteiger partial charge in [0.15, 0.2) is 0 Å². The Morgan fingerprint density at radius 3 is 0.833 bits per heavy atom. The van der Waals surface area contributed by atoms with Gasteiger partial charge in [-0.15, -0.1) is 0 Å². The average molecular weight is 766 g/mol. The molecule has 0 bridgehead atoms. The van der Waals surface area contributed by atoms with E-state index in [0.29, 0.717) is 0 Å². The van der Waals surface area contributed by atoms with Gasteiger partial charge >= 0.3 is 0 Å². The topological polar surface area (TPSA) is 14.8 Å². The van der Waals surface area contributed by atoms with Crippen LogP contribution in [0.2, 0.25) is 0 Å². The van der Waals surface area contributed by atoms with E-state index in [0.717, 1.165) is 19.6 Å². The molecule has 0 saturated carbocycles. The highest BCUT2D eigenvalue weighted by molar-refractivity contribution is 6.39. The number of fused-ring (bicyclic) bond motifs is 15. The molecule has 13 rings (SSSR count). The molecular weight excluding hydrogens is 727 g/mol. The molecule has 3 nitrogen and oxygen atoms in total. The Bertz CT molecular complexity index is 3440. The van der Waals surface area contributed by atoms with E-state index in [9.17, 15) is 0 Å². The smallest absolute Gasteiger partial charge is 0.0617 e. The summed E-state index contributed by atoms with van der Waals surface area (Å²) in [6.45, 7) is 2.26. The molecule has 0 atom stereocenters. The first-order valence-electron chi connectivity index (χ1n) is 21.0. The molecule has 13 aromatic rings. The highest BCUT2D eigenvalue weighted by atomic mass is 15.0. The first-order valence-corrected chi connectivity index (χ1v) is 21.0. The predicted molar refractivity (Wildman–Crippen MR) is 255 cm³/mol. The molecule has 60 heavy (non-hydrogen) atoms. The minimum atomic E-state index is 0.755. The molecule has 0 aliphatic heterocycles. The summed E-state index contributed by atoms with van der Waals surface area (Å²) in [5.41, 5.74) is 11.5. The van der Waals surface area contributed by atoms with Gasteiger partial charge in [0.05, 0.1) is 16.6 Å². The van der Waals surface area contributed by atoms with E-state index in [1.54, 1.807) is 0 Å². The molecule has 3 aromatic heterocycles. The van der Waals surface area contributed by atoms with E-state index in [1.807, 2.05) is 0 Å². The lowest BCUT2D eigenvalue weighted by atomic mass is 10.0. The Morgan fingerprint density at radius 1 is 0.250 bits per heavy atom. The lowest BCUT2D eigenvalue weighted by Gasteiger charge is -2.14. The maximum Gasteiger partial charge on any atom is 0.0617 e. The maximum atomic E-state index is 2.63. The van der Waals surface area contributed by atoms with E-state index >= 15 is 0 Å². The summed E-state index contributed by atoms with van der Waals surface area (Å²) < 4.78 is 7.88. The fourth-order valence-electron chi connectivity index (χ4n) is 10.5. The lowest BCUT2D eigenvalue weighted by Crippen LogP contribution is -2.03. The van der Waals surface area contributed by atoms with E-state index in [2.05, 4.69) is 214 Å². The van der Waals surface area contributed by atoms with Crippen LogP contribution in [-0.2, 0) is 19.6 Å². The maximum absolute atomic E-state index is 2.63. The standard InChI is InChI=1S/C57H39N3/c1-4-16-43-31-37(25-28-40(43)13-1)34-58-49-22-10-7-19-46(49)52-55(58)53-47-20-8-11-23-50(47)59(35-38-26-29-41-14-2-5-17-44(41)32-38)57(53)54-48-21-9-12-24-51(48)60(56(52)54)36-39-27-30-42-15-3-6-18-45(42)33-39/h1-33H,34-36H2.